The van der Waals surface area contributed by atoms with E-state index in [9.17, 15) is 5.11 Å². The van der Waals surface area contributed by atoms with Gasteiger partial charge in [0.25, 0.3) is 0 Å². The maximum absolute atomic E-state index is 10.00. The van der Waals surface area contributed by atoms with Gasteiger partial charge in [-0.3, -0.25) is 4.98 Å². The highest BCUT2D eigenvalue weighted by molar-refractivity contribution is 5.66. The van der Waals surface area contributed by atoms with Gasteiger partial charge in [0.1, 0.15) is 0 Å². The van der Waals surface area contributed by atoms with E-state index in [0.29, 0.717) is 12.2 Å². The van der Waals surface area contributed by atoms with Crippen LogP contribution < -0.4 is 10.6 Å². The molecule has 1 fully saturated rings. The average Bonchev–Trinajstić information content (AvgIpc) is 2.17. The Morgan fingerprint density at radius 2 is 2.40 bits per heavy atom. The van der Waals surface area contributed by atoms with Crippen molar-refractivity contribution in [2.45, 2.75) is 25.4 Å². The minimum Gasteiger partial charge on any atom is -0.396 e. The van der Waals surface area contributed by atoms with Gasteiger partial charge in [-0.25, -0.2) is 0 Å². The fraction of sp³-hybridized carbons (Fsp3) is 0.545. The van der Waals surface area contributed by atoms with Crippen molar-refractivity contribution in [2.24, 2.45) is 0 Å². The number of nitrogens with zero attached hydrogens (tertiary/aromatic N) is 2. The molecule has 4 heteroatoms. The average molecular weight is 207 g/mol. The Morgan fingerprint density at radius 1 is 1.60 bits per heavy atom. The Kier molecular flexibility index (Phi) is 2.52. The highest BCUT2D eigenvalue weighted by Crippen LogP contribution is 2.28. The molecule has 0 radical (unpaired) electrons. The molecule has 0 aromatic carbocycles. The van der Waals surface area contributed by atoms with Gasteiger partial charge in [0.15, 0.2) is 0 Å². The zero-order valence-corrected chi connectivity index (χ0v) is 8.98. The van der Waals surface area contributed by atoms with Crippen molar-refractivity contribution in [1.29, 1.82) is 0 Å². The molecule has 2 heterocycles. The Balaban J connectivity index is 2.21. The van der Waals surface area contributed by atoms with E-state index in [1.807, 2.05) is 13.0 Å². The topological polar surface area (TPSA) is 62.4 Å². The maximum atomic E-state index is 10.00. The zero-order valence-electron chi connectivity index (χ0n) is 8.98. The molecule has 0 bridgehead atoms. The number of nitrogen functional groups attached to an aromatic ring is 1. The first-order valence-electron chi connectivity index (χ1n) is 5.25. The number of aromatic nitrogens is 1. The summed E-state index contributed by atoms with van der Waals surface area (Å²) >= 11 is 0. The molecule has 0 saturated carbocycles. The second kappa shape index (κ2) is 3.70. The summed E-state index contributed by atoms with van der Waals surface area (Å²) < 4.78 is 0. The highest BCUT2D eigenvalue weighted by atomic mass is 16.3. The fourth-order valence-electron chi connectivity index (χ4n) is 2.11. The van der Waals surface area contributed by atoms with E-state index in [1.165, 1.54) is 0 Å². The molecule has 3 N–H and O–H groups in total. The normalized spacial score (nSPS) is 26.7. The largest absolute Gasteiger partial charge is 0.396 e. The summed E-state index contributed by atoms with van der Waals surface area (Å²) in [7, 11) is 0. The number of hydrogen-bond donors (Lipinski definition) is 2. The zero-order chi connectivity index (χ0) is 10.9. The molecule has 15 heavy (non-hydrogen) atoms. The predicted molar refractivity (Wildman–Crippen MR) is 60.7 cm³/mol. The van der Waals surface area contributed by atoms with Crippen LogP contribution in [0.15, 0.2) is 18.5 Å². The molecule has 4 nitrogen and oxygen atoms in total. The summed E-state index contributed by atoms with van der Waals surface area (Å²) in [5, 5.41) is 10.00. The van der Waals surface area contributed by atoms with Gasteiger partial charge in [0.2, 0.25) is 0 Å². The van der Waals surface area contributed by atoms with Crippen LogP contribution in [0.4, 0.5) is 11.4 Å². The van der Waals surface area contributed by atoms with Crippen LogP contribution in [0.3, 0.4) is 0 Å². The lowest BCUT2D eigenvalue weighted by Gasteiger charge is -2.38. The van der Waals surface area contributed by atoms with E-state index in [2.05, 4.69) is 9.88 Å². The van der Waals surface area contributed by atoms with Crippen LogP contribution in [0.2, 0.25) is 0 Å². The van der Waals surface area contributed by atoms with E-state index < -0.39 is 5.60 Å². The number of hydrogen-bond acceptors (Lipinski definition) is 4. The van der Waals surface area contributed by atoms with Crippen molar-refractivity contribution in [3.05, 3.63) is 18.5 Å². The van der Waals surface area contributed by atoms with E-state index >= 15 is 0 Å². The van der Waals surface area contributed by atoms with Crippen molar-refractivity contribution in [2.75, 3.05) is 23.7 Å². The van der Waals surface area contributed by atoms with E-state index in [0.717, 1.165) is 25.1 Å². The maximum Gasteiger partial charge on any atom is 0.0794 e. The molecule has 2 rings (SSSR count). The van der Waals surface area contributed by atoms with Gasteiger partial charge in [0.05, 0.1) is 23.2 Å². The molecule has 1 aromatic rings. The lowest BCUT2D eigenvalue weighted by atomic mass is 9.95. The fourth-order valence-corrected chi connectivity index (χ4v) is 2.11. The smallest absolute Gasteiger partial charge is 0.0794 e. The number of aliphatic hydroxyl groups is 1. The molecule has 1 unspecified atom stereocenters. The van der Waals surface area contributed by atoms with Crippen LogP contribution in [0.1, 0.15) is 19.8 Å². The third kappa shape index (κ3) is 2.21. The van der Waals surface area contributed by atoms with Gasteiger partial charge in [-0.1, -0.05) is 0 Å². The van der Waals surface area contributed by atoms with E-state index in [1.54, 1.807) is 12.4 Å². The molecular formula is C11H17N3O. The molecule has 0 aliphatic carbocycles. The van der Waals surface area contributed by atoms with Gasteiger partial charge in [-0.2, -0.15) is 0 Å². The third-order valence-corrected chi connectivity index (χ3v) is 2.84. The van der Waals surface area contributed by atoms with Crippen molar-refractivity contribution in [3.63, 3.8) is 0 Å². The van der Waals surface area contributed by atoms with Gasteiger partial charge in [-0.05, 0) is 25.8 Å². The summed E-state index contributed by atoms with van der Waals surface area (Å²) in [5.74, 6) is 0. The predicted octanol–water partition coefficient (Wildman–Crippen LogP) is 1.01. The van der Waals surface area contributed by atoms with Crippen molar-refractivity contribution < 1.29 is 5.11 Å². The van der Waals surface area contributed by atoms with Crippen molar-refractivity contribution >= 4 is 11.4 Å². The highest BCUT2D eigenvalue weighted by Gasteiger charge is 2.28. The summed E-state index contributed by atoms with van der Waals surface area (Å²) in [4.78, 5) is 6.09. The van der Waals surface area contributed by atoms with E-state index in [-0.39, 0.29) is 0 Å². The third-order valence-electron chi connectivity index (χ3n) is 2.84. The number of anilines is 2. The molecule has 1 atom stereocenters. The van der Waals surface area contributed by atoms with Gasteiger partial charge < -0.3 is 15.7 Å². The summed E-state index contributed by atoms with van der Waals surface area (Å²) in [6, 6.07) is 1.90. The van der Waals surface area contributed by atoms with Crippen LogP contribution in [-0.2, 0) is 0 Å². The number of pyridine rings is 1. The standard InChI is InChI=1S/C11H17N3O/c1-11(15)4-2-6-14(8-11)10-3-5-13-7-9(10)12/h3,5,7,15H,2,4,6,8,12H2,1H3. The minimum absolute atomic E-state index is 0.603. The SMILES string of the molecule is CC1(O)CCCN(c2ccncc2N)C1. The lowest BCUT2D eigenvalue weighted by Crippen LogP contribution is -2.46. The van der Waals surface area contributed by atoms with Gasteiger partial charge >= 0.3 is 0 Å². The van der Waals surface area contributed by atoms with Crippen LogP contribution in [0, 0.1) is 0 Å². The molecular weight excluding hydrogens is 190 g/mol. The second-order valence-electron chi connectivity index (χ2n) is 4.46. The Bertz CT molecular complexity index is 351. The van der Waals surface area contributed by atoms with Gasteiger partial charge in [-0.15, -0.1) is 0 Å². The molecule has 82 valence electrons. The number of β-amino-alcohol motifs (C(OH)–C–C–N with tert-alkyl or cyclic N) is 1. The molecule has 1 saturated heterocycles. The number of nitrogens with two attached hydrogens (primary N) is 1. The number of rotatable bonds is 1. The molecule has 1 aliphatic rings. The Morgan fingerprint density at radius 3 is 3.07 bits per heavy atom. The monoisotopic (exact) mass is 207 g/mol. The lowest BCUT2D eigenvalue weighted by molar-refractivity contribution is 0.0450. The first-order valence-corrected chi connectivity index (χ1v) is 5.25. The Hall–Kier alpha value is -1.29. The van der Waals surface area contributed by atoms with Crippen LogP contribution in [-0.4, -0.2) is 28.8 Å². The van der Waals surface area contributed by atoms with Crippen molar-refractivity contribution in [3.8, 4) is 0 Å². The Labute approximate surface area is 89.7 Å². The quantitative estimate of drug-likeness (QED) is 0.721. The molecule has 1 aromatic heterocycles. The van der Waals surface area contributed by atoms with E-state index in [4.69, 9.17) is 5.73 Å². The first kappa shape index (κ1) is 10.2. The molecule has 0 amide bonds. The molecule has 1 aliphatic heterocycles. The van der Waals surface area contributed by atoms with Crippen LogP contribution >= 0.6 is 0 Å². The minimum atomic E-state index is -0.603. The first-order chi connectivity index (χ1) is 7.08. The summed E-state index contributed by atoms with van der Waals surface area (Å²) in [6.07, 6.45) is 5.23. The molecule has 0 spiro atoms. The summed E-state index contributed by atoms with van der Waals surface area (Å²) in [6.45, 7) is 3.46. The van der Waals surface area contributed by atoms with Gasteiger partial charge in [0, 0.05) is 19.3 Å². The summed E-state index contributed by atoms with van der Waals surface area (Å²) in [5.41, 5.74) is 6.90. The van der Waals surface area contributed by atoms with Crippen molar-refractivity contribution in [1.82, 2.24) is 4.98 Å². The second-order valence-corrected chi connectivity index (χ2v) is 4.46. The number of piperidine rings is 1. The van der Waals surface area contributed by atoms with Crippen LogP contribution in [0.5, 0.6) is 0 Å². The van der Waals surface area contributed by atoms with Crippen LogP contribution in [0.25, 0.3) is 0 Å².